The molecule has 0 aliphatic rings. The SMILES string of the molecule is COc1ccc(C=O)cc1COc1ccc2cccnc2c1. The molecule has 4 nitrogen and oxygen atoms in total. The molecule has 4 heteroatoms. The molecule has 1 aromatic heterocycles. The van der Waals surface area contributed by atoms with Gasteiger partial charge < -0.3 is 9.47 Å². The number of hydrogen-bond donors (Lipinski definition) is 0. The zero-order valence-corrected chi connectivity index (χ0v) is 12.2. The lowest BCUT2D eigenvalue weighted by atomic mass is 10.1. The van der Waals surface area contributed by atoms with Crippen LogP contribution in [0.2, 0.25) is 0 Å². The van der Waals surface area contributed by atoms with Gasteiger partial charge in [-0.2, -0.15) is 0 Å². The highest BCUT2D eigenvalue weighted by Crippen LogP contribution is 2.23. The number of benzene rings is 2. The molecule has 0 saturated carbocycles. The van der Waals surface area contributed by atoms with Crippen LogP contribution in [0.25, 0.3) is 10.9 Å². The number of aromatic nitrogens is 1. The van der Waals surface area contributed by atoms with Crippen LogP contribution in [0.15, 0.2) is 54.7 Å². The molecule has 2 aromatic carbocycles. The summed E-state index contributed by atoms with van der Waals surface area (Å²) in [6.45, 7) is 0.323. The third-order valence-corrected chi connectivity index (χ3v) is 3.41. The molecule has 0 N–H and O–H groups in total. The Hall–Kier alpha value is -2.88. The number of carbonyl (C=O) groups excluding carboxylic acids is 1. The molecule has 0 aliphatic carbocycles. The maximum absolute atomic E-state index is 10.9. The second-order valence-corrected chi connectivity index (χ2v) is 4.84. The number of carbonyl (C=O) groups is 1. The summed E-state index contributed by atoms with van der Waals surface area (Å²) >= 11 is 0. The van der Waals surface area contributed by atoms with E-state index in [0.29, 0.717) is 17.9 Å². The highest BCUT2D eigenvalue weighted by Gasteiger charge is 2.06. The van der Waals surface area contributed by atoms with Crippen molar-refractivity contribution in [2.45, 2.75) is 6.61 Å². The van der Waals surface area contributed by atoms with Crippen LogP contribution < -0.4 is 9.47 Å². The van der Waals surface area contributed by atoms with Crippen LogP contribution in [0.3, 0.4) is 0 Å². The van der Waals surface area contributed by atoms with Gasteiger partial charge in [0.05, 0.1) is 12.6 Å². The van der Waals surface area contributed by atoms with Crippen molar-refractivity contribution in [3.05, 3.63) is 65.9 Å². The summed E-state index contributed by atoms with van der Waals surface area (Å²) in [6.07, 6.45) is 2.56. The number of nitrogens with zero attached hydrogens (tertiary/aromatic N) is 1. The van der Waals surface area contributed by atoms with Gasteiger partial charge in [0.25, 0.3) is 0 Å². The first kappa shape index (κ1) is 14.1. The van der Waals surface area contributed by atoms with Crippen molar-refractivity contribution in [3.63, 3.8) is 0 Å². The lowest BCUT2D eigenvalue weighted by Gasteiger charge is -2.11. The second kappa shape index (κ2) is 6.26. The topological polar surface area (TPSA) is 48.4 Å². The Morgan fingerprint density at radius 3 is 2.86 bits per heavy atom. The Bertz CT molecular complexity index is 814. The fraction of sp³-hybridized carbons (Fsp3) is 0.111. The Balaban J connectivity index is 1.82. The number of ether oxygens (including phenoxy) is 2. The minimum atomic E-state index is 0.323. The van der Waals surface area contributed by atoms with Crippen LogP contribution in [-0.4, -0.2) is 18.4 Å². The zero-order chi connectivity index (χ0) is 15.4. The number of hydrogen-bond acceptors (Lipinski definition) is 4. The summed E-state index contributed by atoms with van der Waals surface area (Å²) in [6, 6.07) is 14.9. The predicted octanol–water partition coefficient (Wildman–Crippen LogP) is 3.63. The van der Waals surface area contributed by atoms with E-state index in [4.69, 9.17) is 9.47 Å². The summed E-state index contributed by atoms with van der Waals surface area (Å²) in [5.74, 6) is 1.43. The number of fused-ring (bicyclic) bond motifs is 1. The van der Waals surface area contributed by atoms with Gasteiger partial charge in [-0.1, -0.05) is 6.07 Å². The molecule has 0 spiro atoms. The van der Waals surface area contributed by atoms with Crippen molar-refractivity contribution >= 4 is 17.2 Å². The molecule has 0 radical (unpaired) electrons. The molecule has 110 valence electrons. The number of pyridine rings is 1. The van der Waals surface area contributed by atoms with Gasteiger partial charge in [0.15, 0.2) is 0 Å². The van der Waals surface area contributed by atoms with Gasteiger partial charge in [-0.3, -0.25) is 9.78 Å². The Kier molecular flexibility index (Phi) is 4.01. The second-order valence-electron chi connectivity index (χ2n) is 4.84. The maximum atomic E-state index is 10.9. The molecule has 0 aliphatic heterocycles. The Labute approximate surface area is 128 Å². The van der Waals surface area contributed by atoms with Crippen molar-refractivity contribution < 1.29 is 14.3 Å². The first-order chi connectivity index (χ1) is 10.8. The molecule has 1 heterocycles. The van der Waals surface area contributed by atoms with Crippen LogP contribution >= 0.6 is 0 Å². The van der Waals surface area contributed by atoms with Gasteiger partial charge in [0.2, 0.25) is 0 Å². The van der Waals surface area contributed by atoms with Crippen LogP contribution in [0.4, 0.5) is 0 Å². The van der Waals surface area contributed by atoms with Crippen LogP contribution in [0.5, 0.6) is 11.5 Å². The highest BCUT2D eigenvalue weighted by atomic mass is 16.5. The molecule has 0 unspecified atom stereocenters. The summed E-state index contributed by atoms with van der Waals surface area (Å²) in [7, 11) is 1.60. The zero-order valence-electron chi connectivity index (χ0n) is 12.2. The first-order valence-corrected chi connectivity index (χ1v) is 6.90. The lowest BCUT2D eigenvalue weighted by molar-refractivity contribution is 0.112. The molecule has 0 fully saturated rings. The molecule has 0 amide bonds. The van der Waals surface area contributed by atoms with Gasteiger partial charge in [0, 0.05) is 28.8 Å². The Morgan fingerprint density at radius 2 is 2.05 bits per heavy atom. The first-order valence-electron chi connectivity index (χ1n) is 6.90. The fourth-order valence-electron chi connectivity index (χ4n) is 2.28. The average Bonchev–Trinajstić information content (AvgIpc) is 2.59. The molecular formula is C18H15NO3. The third-order valence-electron chi connectivity index (χ3n) is 3.41. The lowest BCUT2D eigenvalue weighted by Crippen LogP contribution is -2.00. The van der Waals surface area contributed by atoms with E-state index in [0.717, 1.165) is 28.5 Å². The summed E-state index contributed by atoms with van der Waals surface area (Å²) < 4.78 is 11.1. The fourth-order valence-corrected chi connectivity index (χ4v) is 2.28. The minimum absolute atomic E-state index is 0.323. The van der Waals surface area contributed by atoms with E-state index in [1.54, 1.807) is 31.5 Å². The van der Waals surface area contributed by atoms with Gasteiger partial charge in [-0.05, 0) is 36.4 Å². The average molecular weight is 293 g/mol. The van der Waals surface area contributed by atoms with Gasteiger partial charge >= 0.3 is 0 Å². The normalized spacial score (nSPS) is 10.4. The van der Waals surface area contributed by atoms with Crippen LogP contribution in [0.1, 0.15) is 15.9 Å². The van der Waals surface area contributed by atoms with E-state index < -0.39 is 0 Å². The third kappa shape index (κ3) is 2.91. The van der Waals surface area contributed by atoms with E-state index in [1.807, 2.05) is 30.3 Å². The van der Waals surface area contributed by atoms with Crippen molar-refractivity contribution in [1.82, 2.24) is 4.98 Å². The standard InChI is InChI=1S/C18H15NO3/c1-21-18-7-4-13(11-20)9-15(18)12-22-16-6-5-14-3-2-8-19-17(14)10-16/h2-11H,12H2,1H3. The summed E-state index contributed by atoms with van der Waals surface area (Å²) in [4.78, 5) is 15.2. The van der Waals surface area contributed by atoms with Gasteiger partial charge in [-0.25, -0.2) is 0 Å². The van der Waals surface area contributed by atoms with Gasteiger partial charge in [0.1, 0.15) is 24.4 Å². The van der Waals surface area contributed by atoms with Gasteiger partial charge in [-0.15, -0.1) is 0 Å². The summed E-state index contributed by atoms with van der Waals surface area (Å²) in [5, 5.41) is 1.07. The molecule has 3 rings (SSSR count). The maximum Gasteiger partial charge on any atom is 0.150 e. The largest absolute Gasteiger partial charge is 0.496 e. The van der Waals surface area contributed by atoms with E-state index >= 15 is 0 Å². The smallest absolute Gasteiger partial charge is 0.150 e. The van der Waals surface area contributed by atoms with Crippen molar-refractivity contribution in [3.8, 4) is 11.5 Å². The Morgan fingerprint density at radius 1 is 1.14 bits per heavy atom. The highest BCUT2D eigenvalue weighted by molar-refractivity contribution is 5.79. The van der Waals surface area contributed by atoms with E-state index in [1.165, 1.54) is 0 Å². The number of methoxy groups -OCH3 is 1. The molecule has 3 aromatic rings. The summed E-state index contributed by atoms with van der Waals surface area (Å²) in [5.41, 5.74) is 2.31. The molecule has 0 saturated heterocycles. The predicted molar refractivity (Wildman–Crippen MR) is 84.5 cm³/mol. The van der Waals surface area contributed by atoms with E-state index in [-0.39, 0.29) is 0 Å². The minimum Gasteiger partial charge on any atom is -0.496 e. The van der Waals surface area contributed by atoms with Crippen molar-refractivity contribution in [2.75, 3.05) is 7.11 Å². The van der Waals surface area contributed by atoms with Crippen LogP contribution in [-0.2, 0) is 6.61 Å². The van der Waals surface area contributed by atoms with E-state index in [2.05, 4.69) is 4.98 Å². The van der Waals surface area contributed by atoms with E-state index in [9.17, 15) is 4.79 Å². The molecule has 0 atom stereocenters. The number of rotatable bonds is 5. The molecule has 22 heavy (non-hydrogen) atoms. The molecule has 0 bridgehead atoms. The number of aldehydes is 1. The van der Waals surface area contributed by atoms with Crippen molar-refractivity contribution in [1.29, 1.82) is 0 Å². The quantitative estimate of drug-likeness (QED) is 0.674. The van der Waals surface area contributed by atoms with Crippen molar-refractivity contribution in [2.24, 2.45) is 0 Å². The monoisotopic (exact) mass is 293 g/mol. The molecular weight excluding hydrogens is 278 g/mol. The van der Waals surface area contributed by atoms with Crippen LogP contribution in [0, 0.1) is 0 Å².